The van der Waals surface area contributed by atoms with Crippen molar-refractivity contribution in [3.05, 3.63) is 35.9 Å². The molecule has 1 rings (SSSR count). The van der Waals surface area contributed by atoms with Gasteiger partial charge in [-0.05, 0) is 13.8 Å². The SMILES string of the molecule is CCOCCOCCOC(OCCOCCOCC)C(=O)c1ccccc1. The van der Waals surface area contributed by atoms with E-state index >= 15 is 0 Å². The van der Waals surface area contributed by atoms with E-state index < -0.39 is 6.29 Å². The second-order valence-electron chi connectivity index (χ2n) is 5.42. The molecule has 0 bridgehead atoms. The molecule has 154 valence electrons. The van der Waals surface area contributed by atoms with Gasteiger partial charge in [0.05, 0.1) is 52.9 Å². The molecule has 0 spiro atoms. The van der Waals surface area contributed by atoms with Crippen LogP contribution in [0.5, 0.6) is 0 Å². The summed E-state index contributed by atoms with van der Waals surface area (Å²) in [5.41, 5.74) is 0.539. The van der Waals surface area contributed by atoms with Gasteiger partial charge in [-0.1, -0.05) is 30.3 Å². The van der Waals surface area contributed by atoms with Crippen molar-refractivity contribution in [2.75, 3.05) is 66.1 Å². The van der Waals surface area contributed by atoms with E-state index in [2.05, 4.69) is 0 Å². The van der Waals surface area contributed by atoms with Crippen molar-refractivity contribution < 1.29 is 33.2 Å². The lowest BCUT2D eigenvalue weighted by Gasteiger charge is -2.18. The highest BCUT2D eigenvalue weighted by Gasteiger charge is 2.21. The van der Waals surface area contributed by atoms with Gasteiger partial charge >= 0.3 is 0 Å². The molecule has 7 nitrogen and oxygen atoms in total. The molecule has 0 saturated heterocycles. The minimum Gasteiger partial charge on any atom is -0.379 e. The van der Waals surface area contributed by atoms with Crippen molar-refractivity contribution in [2.24, 2.45) is 0 Å². The van der Waals surface area contributed by atoms with Crippen molar-refractivity contribution >= 4 is 5.78 Å². The topological polar surface area (TPSA) is 72.5 Å². The van der Waals surface area contributed by atoms with Gasteiger partial charge in [-0.3, -0.25) is 4.79 Å². The fraction of sp³-hybridized carbons (Fsp3) is 0.650. The molecular weight excluding hydrogens is 352 g/mol. The van der Waals surface area contributed by atoms with E-state index in [9.17, 15) is 4.79 Å². The van der Waals surface area contributed by atoms with Crippen LogP contribution in [-0.4, -0.2) is 78.1 Å². The Morgan fingerprint density at radius 2 is 1.15 bits per heavy atom. The maximum atomic E-state index is 12.6. The number of ether oxygens (including phenoxy) is 6. The van der Waals surface area contributed by atoms with Gasteiger partial charge in [0.2, 0.25) is 12.1 Å². The third kappa shape index (κ3) is 11.9. The lowest BCUT2D eigenvalue weighted by atomic mass is 10.1. The molecule has 0 fully saturated rings. The number of rotatable bonds is 18. The van der Waals surface area contributed by atoms with Crippen LogP contribution in [0.4, 0.5) is 0 Å². The highest BCUT2D eigenvalue weighted by atomic mass is 16.7. The average Bonchev–Trinajstić information content (AvgIpc) is 2.71. The number of ketones is 1. The largest absolute Gasteiger partial charge is 0.379 e. The summed E-state index contributed by atoms with van der Waals surface area (Å²) >= 11 is 0. The van der Waals surface area contributed by atoms with Gasteiger partial charge in [0.15, 0.2) is 0 Å². The Labute approximate surface area is 161 Å². The van der Waals surface area contributed by atoms with E-state index in [1.807, 2.05) is 19.9 Å². The Kier molecular flexibility index (Phi) is 14.7. The molecule has 0 N–H and O–H groups in total. The second-order valence-corrected chi connectivity index (χ2v) is 5.42. The number of carbonyl (C=O) groups is 1. The lowest BCUT2D eigenvalue weighted by Crippen LogP contribution is -2.30. The third-order valence-corrected chi connectivity index (χ3v) is 3.42. The van der Waals surface area contributed by atoms with Crippen LogP contribution in [0.15, 0.2) is 30.3 Å². The van der Waals surface area contributed by atoms with Crippen molar-refractivity contribution in [1.82, 2.24) is 0 Å². The molecule has 1 aromatic carbocycles. The molecule has 1 aromatic rings. The highest BCUT2D eigenvalue weighted by Crippen LogP contribution is 2.08. The van der Waals surface area contributed by atoms with E-state index in [0.29, 0.717) is 58.4 Å². The monoisotopic (exact) mass is 384 g/mol. The van der Waals surface area contributed by atoms with Crippen LogP contribution in [0.2, 0.25) is 0 Å². The van der Waals surface area contributed by atoms with Crippen molar-refractivity contribution in [3.8, 4) is 0 Å². The van der Waals surface area contributed by atoms with Gasteiger partial charge < -0.3 is 28.4 Å². The molecule has 0 aromatic heterocycles. The van der Waals surface area contributed by atoms with E-state index in [4.69, 9.17) is 28.4 Å². The van der Waals surface area contributed by atoms with Crippen LogP contribution in [0.25, 0.3) is 0 Å². The Hall–Kier alpha value is -1.35. The van der Waals surface area contributed by atoms with Crippen LogP contribution in [0, 0.1) is 0 Å². The van der Waals surface area contributed by atoms with Crippen LogP contribution >= 0.6 is 0 Å². The summed E-state index contributed by atoms with van der Waals surface area (Å²) in [7, 11) is 0. The smallest absolute Gasteiger partial charge is 0.222 e. The minimum atomic E-state index is -0.988. The fourth-order valence-corrected chi connectivity index (χ4v) is 2.09. The fourth-order valence-electron chi connectivity index (χ4n) is 2.09. The third-order valence-electron chi connectivity index (χ3n) is 3.42. The minimum absolute atomic E-state index is 0.223. The van der Waals surface area contributed by atoms with Crippen molar-refractivity contribution in [3.63, 3.8) is 0 Å². The standard InChI is InChI=1S/C20H32O7/c1-3-22-10-12-24-14-16-26-20(19(21)18-8-6-5-7-9-18)27-17-15-25-13-11-23-4-2/h5-9,20H,3-4,10-17H2,1-2H3. The summed E-state index contributed by atoms with van der Waals surface area (Å²) in [4.78, 5) is 12.6. The first-order valence-electron chi connectivity index (χ1n) is 9.43. The molecule has 0 radical (unpaired) electrons. The predicted octanol–water partition coefficient (Wildman–Crippen LogP) is 2.33. The quantitative estimate of drug-likeness (QED) is 0.218. The Bertz CT molecular complexity index is 449. The van der Waals surface area contributed by atoms with Gasteiger partial charge in [-0.2, -0.15) is 0 Å². The molecule has 0 amide bonds. The summed E-state index contributed by atoms with van der Waals surface area (Å²) < 4.78 is 32.4. The number of benzene rings is 1. The highest BCUT2D eigenvalue weighted by molar-refractivity contribution is 5.98. The van der Waals surface area contributed by atoms with E-state index in [1.54, 1.807) is 24.3 Å². The molecule has 0 aliphatic rings. The Balaban J connectivity index is 2.34. The first-order chi connectivity index (χ1) is 13.3. The van der Waals surface area contributed by atoms with E-state index in [-0.39, 0.29) is 19.0 Å². The molecule has 0 saturated carbocycles. The molecule has 0 aliphatic heterocycles. The van der Waals surface area contributed by atoms with Crippen LogP contribution < -0.4 is 0 Å². The molecule has 0 unspecified atom stereocenters. The predicted molar refractivity (Wildman–Crippen MR) is 101 cm³/mol. The zero-order chi connectivity index (χ0) is 19.6. The number of hydrogen-bond donors (Lipinski definition) is 0. The zero-order valence-corrected chi connectivity index (χ0v) is 16.4. The number of Topliss-reactive ketones (excluding diaryl/α,β-unsaturated/α-hetero) is 1. The van der Waals surface area contributed by atoms with E-state index in [1.165, 1.54) is 0 Å². The number of carbonyl (C=O) groups excluding carboxylic acids is 1. The maximum absolute atomic E-state index is 12.6. The summed E-state index contributed by atoms with van der Waals surface area (Å²) in [6.45, 7) is 8.47. The van der Waals surface area contributed by atoms with Crippen molar-refractivity contribution in [2.45, 2.75) is 20.1 Å². The summed E-state index contributed by atoms with van der Waals surface area (Å²) in [6, 6.07) is 8.93. The molecule has 0 heterocycles. The summed E-state index contributed by atoms with van der Waals surface area (Å²) in [5.74, 6) is -0.223. The van der Waals surface area contributed by atoms with Gasteiger partial charge in [0.1, 0.15) is 0 Å². The molecule has 27 heavy (non-hydrogen) atoms. The van der Waals surface area contributed by atoms with Crippen LogP contribution in [0.1, 0.15) is 24.2 Å². The van der Waals surface area contributed by atoms with Gasteiger partial charge in [0, 0.05) is 18.8 Å². The average molecular weight is 384 g/mol. The Morgan fingerprint density at radius 1 is 0.704 bits per heavy atom. The first kappa shape index (κ1) is 23.7. The maximum Gasteiger partial charge on any atom is 0.222 e. The molecular formula is C20H32O7. The zero-order valence-electron chi connectivity index (χ0n) is 16.4. The first-order valence-corrected chi connectivity index (χ1v) is 9.43. The molecule has 0 atom stereocenters. The van der Waals surface area contributed by atoms with Crippen molar-refractivity contribution in [1.29, 1.82) is 0 Å². The Morgan fingerprint density at radius 3 is 1.63 bits per heavy atom. The van der Waals surface area contributed by atoms with Gasteiger partial charge in [-0.15, -0.1) is 0 Å². The van der Waals surface area contributed by atoms with Crippen LogP contribution in [0.3, 0.4) is 0 Å². The van der Waals surface area contributed by atoms with Gasteiger partial charge in [-0.25, -0.2) is 0 Å². The normalized spacial score (nSPS) is 11.2. The van der Waals surface area contributed by atoms with E-state index in [0.717, 1.165) is 0 Å². The van der Waals surface area contributed by atoms with Crippen LogP contribution in [-0.2, 0) is 28.4 Å². The second kappa shape index (κ2) is 16.8. The van der Waals surface area contributed by atoms with Gasteiger partial charge in [0.25, 0.3) is 0 Å². The lowest BCUT2D eigenvalue weighted by molar-refractivity contribution is -0.133. The molecule has 0 aliphatic carbocycles. The summed E-state index contributed by atoms with van der Waals surface area (Å²) in [6.07, 6.45) is -0.988. The summed E-state index contributed by atoms with van der Waals surface area (Å²) in [5, 5.41) is 0. The number of hydrogen-bond acceptors (Lipinski definition) is 7. The molecule has 7 heteroatoms.